The minimum Gasteiger partial charge on any atom is -0.566 e. The van der Waals surface area contributed by atoms with Crippen molar-refractivity contribution in [3.05, 3.63) is 95.6 Å². The molecule has 2 atom stereocenters. The van der Waals surface area contributed by atoms with Crippen molar-refractivity contribution in [2.75, 3.05) is 0 Å². The molecular weight excluding hydrogens is 451 g/mol. The third-order valence-electron chi connectivity index (χ3n) is 4.75. The smallest absolute Gasteiger partial charge is 0.489 e. The van der Waals surface area contributed by atoms with E-state index in [2.05, 4.69) is 16.7 Å². The molecule has 3 aromatic rings. The lowest BCUT2D eigenvalue weighted by Crippen LogP contribution is -2.22. The minimum atomic E-state index is -4.62. The van der Waals surface area contributed by atoms with Crippen molar-refractivity contribution in [3.63, 3.8) is 0 Å². The van der Waals surface area contributed by atoms with Crippen LogP contribution in [0.3, 0.4) is 0 Å². The zero-order chi connectivity index (χ0) is 23.0. The summed E-state index contributed by atoms with van der Waals surface area (Å²) in [5.41, 5.74) is 1.49. The Morgan fingerprint density at radius 3 is 2.19 bits per heavy atom. The van der Waals surface area contributed by atoms with E-state index in [0.29, 0.717) is 24.3 Å². The van der Waals surface area contributed by atoms with Crippen LogP contribution in [0.5, 0.6) is 11.5 Å². The monoisotopic (exact) mass is 474 g/mol. The summed E-state index contributed by atoms with van der Waals surface area (Å²) in [6, 6.07) is 25.3. The van der Waals surface area contributed by atoms with Gasteiger partial charge >= 0.3 is 8.25 Å². The molecule has 0 heterocycles. The second-order valence-corrected chi connectivity index (χ2v) is 9.44. The highest BCUT2D eigenvalue weighted by Crippen LogP contribution is 2.25. The van der Waals surface area contributed by atoms with Crippen LogP contribution in [0.2, 0.25) is 0 Å². The van der Waals surface area contributed by atoms with Crippen LogP contribution in [0.4, 0.5) is 0 Å². The SMILES string of the molecule is O=[P+]([O-])OC(CCCc1cccc(Oc2ccc(Cc3ccccc3)cc2)c1)S(=O)(=O)O. The number of rotatable bonds is 11. The van der Waals surface area contributed by atoms with Crippen LogP contribution in [-0.2, 0) is 32.0 Å². The molecule has 0 radical (unpaired) electrons. The highest BCUT2D eigenvalue weighted by atomic mass is 32.2. The Bertz CT molecular complexity index is 1130. The highest BCUT2D eigenvalue weighted by Gasteiger charge is 2.29. The van der Waals surface area contributed by atoms with Gasteiger partial charge in [-0.2, -0.15) is 8.42 Å². The number of aryl methyl sites for hydroxylation is 1. The van der Waals surface area contributed by atoms with Gasteiger partial charge in [0, 0.05) is 0 Å². The fourth-order valence-electron chi connectivity index (χ4n) is 3.23. The van der Waals surface area contributed by atoms with Crippen LogP contribution in [-0.4, -0.2) is 18.4 Å². The molecule has 3 aromatic carbocycles. The van der Waals surface area contributed by atoms with Crippen LogP contribution in [0.15, 0.2) is 78.9 Å². The molecule has 0 saturated carbocycles. The zero-order valence-electron chi connectivity index (χ0n) is 17.2. The summed E-state index contributed by atoms with van der Waals surface area (Å²) in [5, 5.41) is 0. The Kier molecular flexibility index (Phi) is 8.50. The van der Waals surface area contributed by atoms with E-state index in [1.807, 2.05) is 66.7 Å². The van der Waals surface area contributed by atoms with E-state index in [4.69, 9.17) is 9.29 Å². The summed E-state index contributed by atoms with van der Waals surface area (Å²) in [5.74, 6) is 1.32. The Morgan fingerprint density at radius 1 is 0.875 bits per heavy atom. The molecule has 9 heteroatoms. The molecule has 7 nitrogen and oxygen atoms in total. The van der Waals surface area contributed by atoms with E-state index in [1.54, 1.807) is 0 Å². The van der Waals surface area contributed by atoms with Crippen molar-refractivity contribution < 1.29 is 31.7 Å². The second kappa shape index (κ2) is 11.3. The Balaban J connectivity index is 1.56. The molecule has 1 N–H and O–H groups in total. The number of hydrogen-bond acceptors (Lipinski definition) is 6. The summed E-state index contributed by atoms with van der Waals surface area (Å²) in [6.07, 6.45) is 1.44. The Morgan fingerprint density at radius 2 is 1.53 bits per heavy atom. The number of benzene rings is 3. The average molecular weight is 474 g/mol. The van der Waals surface area contributed by atoms with E-state index in [9.17, 15) is 17.9 Å². The van der Waals surface area contributed by atoms with Gasteiger partial charge in [0.15, 0.2) is 0 Å². The van der Waals surface area contributed by atoms with E-state index in [-0.39, 0.29) is 6.42 Å². The molecule has 0 aliphatic heterocycles. The van der Waals surface area contributed by atoms with Crippen molar-refractivity contribution in [1.82, 2.24) is 0 Å². The van der Waals surface area contributed by atoms with Crippen LogP contribution in [0.1, 0.15) is 29.5 Å². The molecule has 0 aromatic heterocycles. The first-order chi connectivity index (χ1) is 15.3. The van der Waals surface area contributed by atoms with Gasteiger partial charge in [0.1, 0.15) is 11.5 Å². The molecule has 0 saturated heterocycles. The van der Waals surface area contributed by atoms with Crippen LogP contribution >= 0.6 is 8.25 Å². The third kappa shape index (κ3) is 7.82. The topological polar surface area (TPSA) is 113 Å². The van der Waals surface area contributed by atoms with Gasteiger partial charge in [-0.15, -0.1) is 4.52 Å². The van der Waals surface area contributed by atoms with E-state index in [0.717, 1.165) is 12.0 Å². The van der Waals surface area contributed by atoms with Crippen molar-refractivity contribution in [1.29, 1.82) is 0 Å². The fourth-order valence-corrected chi connectivity index (χ4v) is 4.64. The second-order valence-electron chi connectivity index (χ2n) is 7.22. The Hall–Kier alpha value is -2.61. The molecule has 0 aliphatic rings. The van der Waals surface area contributed by atoms with Gasteiger partial charge < -0.3 is 9.63 Å². The minimum absolute atomic E-state index is 0.157. The number of hydrogen-bond donors (Lipinski definition) is 1. The molecule has 3 rings (SSSR count). The van der Waals surface area contributed by atoms with Gasteiger partial charge in [-0.05, 0) is 71.2 Å². The third-order valence-corrected chi connectivity index (χ3v) is 6.32. The average Bonchev–Trinajstić information content (AvgIpc) is 2.75. The molecule has 0 spiro atoms. The van der Waals surface area contributed by atoms with Gasteiger partial charge in [0.2, 0.25) is 5.44 Å². The summed E-state index contributed by atoms with van der Waals surface area (Å²) in [7, 11) is -8.00. The quantitative estimate of drug-likeness (QED) is 0.318. The predicted octanol–water partition coefficient (Wildman–Crippen LogP) is 4.64. The first-order valence-corrected chi connectivity index (χ1v) is 12.6. The maximum absolute atomic E-state index is 11.2. The maximum Gasteiger partial charge on any atom is 0.489 e. The molecule has 0 aliphatic carbocycles. The molecule has 0 bridgehead atoms. The fraction of sp³-hybridized carbons (Fsp3) is 0.217. The highest BCUT2D eigenvalue weighted by molar-refractivity contribution is 7.86. The van der Waals surface area contributed by atoms with Crippen molar-refractivity contribution >= 4 is 18.4 Å². The van der Waals surface area contributed by atoms with Crippen molar-refractivity contribution in [3.8, 4) is 11.5 Å². The van der Waals surface area contributed by atoms with E-state index >= 15 is 0 Å². The standard InChI is InChI=1S/C23H23O7PS/c24-31(25)30-23(32(26,27)28)11-5-9-19-8-4-10-22(17-19)29-21-14-12-20(13-15-21)16-18-6-2-1-3-7-18/h1-4,6-8,10,12-15,17,23H,5,9,11,16H2,(H,26,27,28). The zero-order valence-corrected chi connectivity index (χ0v) is 18.9. The van der Waals surface area contributed by atoms with Crippen LogP contribution in [0.25, 0.3) is 0 Å². The normalized spacial score (nSPS) is 12.9. The van der Waals surface area contributed by atoms with Gasteiger partial charge in [-0.1, -0.05) is 54.6 Å². The molecule has 32 heavy (non-hydrogen) atoms. The molecule has 2 unspecified atom stereocenters. The predicted molar refractivity (Wildman–Crippen MR) is 119 cm³/mol. The largest absolute Gasteiger partial charge is 0.566 e. The maximum atomic E-state index is 11.2. The summed E-state index contributed by atoms with van der Waals surface area (Å²) < 4.78 is 52.4. The summed E-state index contributed by atoms with van der Waals surface area (Å²) in [6.45, 7) is 0. The van der Waals surface area contributed by atoms with Crippen LogP contribution < -0.4 is 9.63 Å². The van der Waals surface area contributed by atoms with Gasteiger partial charge in [-0.3, -0.25) is 4.55 Å². The van der Waals surface area contributed by atoms with Crippen molar-refractivity contribution in [2.24, 2.45) is 0 Å². The van der Waals surface area contributed by atoms with Crippen LogP contribution in [0, 0.1) is 0 Å². The number of ether oxygens (including phenoxy) is 1. The van der Waals surface area contributed by atoms with E-state index < -0.39 is 23.8 Å². The van der Waals surface area contributed by atoms with Crippen molar-refractivity contribution in [2.45, 2.75) is 31.1 Å². The lowest BCUT2D eigenvalue weighted by molar-refractivity contribution is -0.187. The Labute approximate surface area is 188 Å². The molecule has 168 valence electrons. The molecule has 0 amide bonds. The van der Waals surface area contributed by atoms with E-state index in [1.165, 1.54) is 11.1 Å². The summed E-state index contributed by atoms with van der Waals surface area (Å²) in [4.78, 5) is 10.6. The lowest BCUT2D eigenvalue weighted by Gasteiger charge is -2.10. The first kappa shape index (κ1) is 24.0. The first-order valence-electron chi connectivity index (χ1n) is 9.97. The van der Waals surface area contributed by atoms with Gasteiger partial charge in [0.25, 0.3) is 10.1 Å². The molecule has 0 fully saturated rings. The lowest BCUT2D eigenvalue weighted by atomic mass is 10.1. The van der Waals surface area contributed by atoms with Gasteiger partial charge in [0.05, 0.1) is 0 Å². The molecular formula is C23H23O7PS. The summed E-state index contributed by atoms with van der Waals surface area (Å²) >= 11 is 0. The van der Waals surface area contributed by atoms with Gasteiger partial charge in [-0.25, -0.2) is 0 Å².